The molecule has 2 N–H and O–H groups in total. The van der Waals surface area contributed by atoms with Crippen molar-refractivity contribution in [3.63, 3.8) is 0 Å². The van der Waals surface area contributed by atoms with Crippen LogP contribution in [0.3, 0.4) is 0 Å². The molecular weight excluding hydrogens is 325 g/mol. The summed E-state index contributed by atoms with van der Waals surface area (Å²) in [7, 11) is 0. The molecule has 9 nitrogen and oxygen atoms in total. The number of hydroxylamine groups is 2. The fourth-order valence-electron chi connectivity index (χ4n) is 1.89. The van der Waals surface area contributed by atoms with Crippen LogP contribution < -0.4 is 10.4 Å². The molecule has 1 saturated heterocycles. The standard InChI is InChI=1S/C14H16FN3O6/c1-8(2)7-24-12(20)14(15)10(16-6-9-4-3-5-23-9)17-13(21)18(22)11(14)19/h3-6,8,10,18H,7H2,1-2H3,(H,17,21). The molecule has 0 spiro atoms. The molecule has 2 heterocycles. The number of alkyl halides is 1. The van der Waals surface area contributed by atoms with E-state index in [4.69, 9.17) is 9.15 Å². The minimum atomic E-state index is -3.43. The predicted molar refractivity (Wildman–Crippen MR) is 77.6 cm³/mol. The number of imide groups is 1. The average Bonchev–Trinajstić information content (AvgIpc) is 3.06. The fourth-order valence-corrected chi connectivity index (χ4v) is 1.89. The van der Waals surface area contributed by atoms with Gasteiger partial charge in [-0.15, -0.1) is 0 Å². The molecule has 1 aromatic rings. The molecule has 1 aliphatic heterocycles. The van der Waals surface area contributed by atoms with E-state index in [9.17, 15) is 19.6 Å². The lowest BCUT2D eigenvalue weighted by atomic mass is 9.99. The number of carbonyl (C=O) groups excluding carboxylic acids is 3. The topological polar surface area (TPSA) is 125 Å². The quantitative estimate of drug-likeness (QED) is 0.324. The number of halogens is 1. The molecule has 130 valence electrons. The Bertz CT molecular complexity index is 659. The van der Waals surface area contributed by atoms with Crippen LogP contribution in [0.4, 0.5) is 9.18 Å². The van der Waals surface area contributed by atoms with E-state index < -0.39 is 34.8 Å². The van der Waals surface area contributed by atoms with Crippen LogP contribution in [0.1, 0.15) is 19.6 Å². The van der Waals surface area contributed by atoms with Crippen LogP contribution in [0.15, 0.2) is 27.8 Å². The van der Waals surface area contributed by atoms with Crippen molar-refractivity contribution in [3.8, 4) is 0 Å². The Kier molecular flexibility index (Phi) is 5.10. The third-order valence-corrected chi connectivity index (χ3v) is 3.13. The Hall–Kier alpha value is -2.59. The summed E-state index contributed by atoms with van der Waals surface area (Å²) in [6.07, 6.45) is 0.424. The maximum Gasteiger partial charge on any atom is 0.424 e. The number of quaternary nitrogens is 1. The second-order valence-electron chi connectivity index (χ2n) is 5.53. The zero-order chi connectivity index (χ0) is 17.9. The number of esters is 1. The van der Waals surface area contributed by atoms with E-state index in [0.717, 1.165) is 6.21 Å². The van der Waals surface area contributed by atoms with E-state index in [1.54, 1.807) is 13.8 Å². The van der Waals surface area contributed by atoms with Crippen LogP contribution in [-0.2, 0) is 14.3 Å². The first-order valence-electron chi connectivity index (χ1n) is 7.09. The number of urea groups is 1. The molecule has 0 radical (unpaired) electrons. The molecule has 3 unspecified atom stereocenters. The van der Waals surface area contributed by atoms with Gasteiger partial charge in [-0.25, -0.2) is 23.8 Å². The van der Waals surface area contributed by atoms with Crippen LogP contribution in [0.25, 0.3) is 0 Å². The summed E-state index contributed by atoms with van der Waals surface area (Å²) < 4.78 is 24.8. The van der Waals surface area contributed by atoms with Crippen molar-refractivity contribution in [3.05, 3.63) is 29.4 Å². The number of carbonyl (C=O) groups is 3. The van der Waals surface area contributed by atoms with E-state index in [1.807, 2.05) is 5.32 Å². The number of rotatable bonds is 5. The summed E-state index contributed by atoms with van der Waals surface area (Å²) in [5.41, 5.74) is -3.43. The molecule has 1 fully saturated rings. The smallest absolute Gasteiger partial charge is 0.424 e. The van der Waals surface area contributed by atoms with Gasteiger partial charge in [0.15, 0.2) is 6.17 Å². The van der Waals surface area contributed by atoms with E-state index in [2.05, 4.69) is 4.99 Å². The minimum absolute atomic E-state index is 0.119. The van der Waals surface area contributed by atoms with Crippen molar-refractivity contribution in [2.24, 2.45) is 10.9 Å². The van der Waals surface area contributed by atoms with Gasteiger partial charge in [0.05, 0.1) is 19.1 Å². The lowest BCUT2D eigenvalue weighted by Gasteiger charge is -2.35. The zero-order valence-electron chi connectivity index (χ0n) is 12.9. The van der Waals surface area contributed by atoms with Gasteiger partial charge in [-0.2, -0.15) is 0 Å². The first-order valence-corrected chi connectivity index (χ1v) is 7.09. The van der Waals surface area contributed by atoms with Gasteiger partial charge in [0.25, 0.3) is 0 Å². The van der Waals surface area contributed by atoms with Crippen molar-refractivity contribution in [2.75, 3.05) is 6.61 Å². The number of ether oxygens (including phenoxy) is 1. The Morgan fingerprint density at radius 1 is 1.62 bits per heavy atom. The Labute approximate surface area is 136 Å². The maximum atomic E-state index is 15.1. The molecule has 24 heavy (non-hydrogen) atoms. The molecule has 0 aromatic carbocycles. The van der Waals surface area contributed by atoms with Crippen molar-refractivity contribution >= 4 is 24.1 Å². The highest BCUT2D eigenvalue weighted by Gasteiger charge is 2.64. The molecule has 1 aliphatic rings. The SMILES string of the molecule is CC(C)COC(=O)C1(F)C(=O)[NH+]([O-])C(=O)NC1N=Cc1ccco1. The molecule has 3 atom stereocenters. The van der Waals surface area contributed by atoms with E-state index >= 15 is 4.39 Å². The summed E-state index contributed by atoms with van der Waals surface area (Å²) >= 11 is 0. The molecule has 0 saturated carbocycles. The van der Waals surface area contributed by atoms with Gasteiger partial charge in [-0.1, -0.05) is 13.8 Å². The Morgan fingerprint density at radius 2 is 2.33 bits per heavy atom. The van der Waals surface area contributed by atoms with Gasteiger partial charge >= 0.3 is 23.6 Å². The van der Waals surface area contributed by atoms with Gasteiger partial charge in [0, 0.05) is 0 Å². The van der Waals surface area contributed by atoms with Crippen LogP contribution in [-0.4, -0.2) is 42.6 Å². The Balaban J connectivity index is 2.31. The molecule has 1 aromatic heterocycles. The molecule has 10 heteroatoms. The van der Waals surface area contributed by atoms with Gasteiger partial charge < -0.3 is 14.4 Å². The molecular formula is C14H16FN3O6. The molecule has 0 aliphatic carbocycles. The maximum absolute atomic E-state index is 15.1. The summed E-state index contributed by atoms with van der Waals surface area (Å²) in [4.78, 5) is 39.1. The summed E-state index contributed by atoms with van der Waals surface area (Å²) in [6, 6.07) is 1.68. The van der Waals surface area contributed by atoms with E-state index in [-0.39, 0.29) is 18.3 Å². The highest BCUT2D eigenvalue weighted by atomic mass is 19.1. The van der Waals surface area contributed by atoms with Crippen LogP contribution >= 0.6 is 0 Å². The largest absolute Gasteiger partial charge is 0.618 e. The monoisotopic (exact) mass is 341 g/mol. The highest BCUT2D eigenvalue weighted by molar-refractivity contribution is 6.07. The summed E-state index contributed by atoms with van der Waals surface area (Å²) in [5.74, 6) is -3.30. The second-order valence-corrected chi connectivity index (χ2v) is 5.53. The van der Waals surface area contributed by atoms with Crippen LogP contribution in [0.5, 0.6) is 0 Å². The number of amides is 3. The predicted octanol–water partition coefficient (Wildman–Crippen LogP) is -0.435. The lowest BCUT2D eigenvalue weighted by molar-refractivity contribution is -0.681. The first kappa shape index (κ1) is 17.8. The summed E-state index contributed by atoms with van der Waals surface area (Å²) in [5, 5.41) is 11.7. The average molecular weight is 341 g/mol. The van der Waals surface area contributed by atoms with Gasteiger partial charge in [0.1, 0.15) is 5.76 Å². The normalized spacial score (nSPS) is 27.5. The number of aliphatic imine (C=N–C) groups is 1. The van der Waals surface area contributed by atoms with Gasteiger partial charge in [0.2, 0.25) is 0 Å². The van der Waals surface area contributed by atoms with Crippen molar-refractivity contribution in [1.29, 1.82) is 0 Å². The van der Waals surface area contributed by atoms with Crippen molar-refractivity contribution < 1.29 is 33.0 Å². The van der Waals surface area contributed by atoms with Gasteiger partial charge in [-0.05, 0) is 18.1 Å². The first-order chi connectivity index (χ1) is 11.3. The molecule has 2 rings (SSSR count). The second kappa shape index (κ2) is 6.89. The zero-order valence-corrected chi connectivity index (χ0v) is 12.9. The lowest BCUT2D eigenvalue weighted by Crippen LogP contribution is -3.19. The number of hydrogen-bond donors (Lipinski definition) is 2. The van der Waals surface area contributed by atoms with Crippen molar-refractivity contribution in [1.82, 2.24) is 5.32 Å². The van der Waals surface area contributed by atoms with E-state index in [0.29, 0.717) is 0 Å². The minimum Gasteiger partial charge on any atom is -0.618 e. The number of furan rings is 1. The third-order valence-electron chi connectivity index (χ3n) is 3.13. The molecule has 0 bridgehead atoms. The van der Waals surface area contributed by atoms with Crippen LogP contribution in [0.2, 0.25) is 0 Å². The van der Waals surface area contributed by atoms with Crippen molar-refractivity contribution in [2.45, 2.75) is 25.7 Å². The number of nitrogens with one attached hydrogen (secondary N) is 2. The number of hydrogen-bond acceptors (Lipinski definition) is 7. The van der Waals surface area contributed by atoms with Crippen LogP contribution in [0, 0.1) is 11.1 Å². The Morgan fingerprint density at radius 3 is 2.92 bits per heavy atom. The fraction of sp³-hybridized carbons (Fsp3) is 0.429. The summed E-state index contributed by atoms with van der Waals surface area (Å²) in [6.45, 7) is 3.26. The molecule has 3 amide bonds. The van der Waals surface area contributed by atoms with Gasteiger partial charge in [-0.3, -0.25) is 10.3 Å². The number of nitrogens with zero attached hydrogens (tertiary/aromatic N) is 1. The van der Waals surface area contributed by atoms with E-state index in [1.165, 1.54) is 18.4 Å². The third kappa shape index (κ3) is 3.34. The highest BCUT2D eigenvalue weighted by Crippen LogP contribution is 2.22.